The van der Waals surface area contributed by atoms with E-state index in [4.69, 9.17) is 9.47 Å². The number of ketones is 1. The molecule has 1 saturated heterocycles. The molecule has 14 nitrogen and oxygen atoms in total. The molecule has 0 bridgehead atoms. The molecule has 3 saturated carbocycles. The number of hydrogen-bond acceptors (Lipinski definition) is 9. The number of hydrogen-bond donors (Lipinski definition) is 4. The Bertz CT molecular complexity index is 1670. The van der Waals surface area contributed by atoms with E-state index in [1.807, 2.05) is 65.0 Å². The molecule has 4 aliphatic rings. The van der Waals surface area contributed by atoms with Crippen LogP contribution < -0.4 is 21.3 Å². The summed E-state index contributed by atoms with van der Waals surface area (Å²) in [6.45, 7) is 15.0. The Morgan fingerprint density at radius 2 is 1.53 bits per heavy atom. The van der Waals surface area contributed by atoms with Crippen LogP contribution in [0.2, 0.25) is 0 Å². The highest BCUT2D eigenvalue weighted by molar-refractivity contribution is 6.38. The molecular weight excluding hydrogens is 730 g/mol. The Morgan fingerprint density at radius 3 is 2.12 bits per heavy atom. The second-order valence-electron chi connectivity index (χ2n) is 19.1. The summed E-state index contributed by atoms with van der Waals surface area (Å²) in [6.07, 6.45) is 5.30. The van der Waals surface area contributed by atoms with Crippen molar-refractivity contribution >= 4 is 41.5 Å². The fraction of sp³-hybridized carbons (Fsp3) is 0.698. The highest BCUT2D eigenvalue weighted by Gasteiger charge is 2.70. The number of esters is 2. The summed E-state index contributed by atoms with van der Waals surface area (Å²) in [7, 11) is 0. The summed E-state index contributed by atoms with van der Waals surface area (Å²) >= 11 is 0. The minimum Gasteiger partial charge on any atom is -0.460 e. The number of benzene rings is 1. The van der Waals surface area contributed by atoms with Crippen LogP contribution in [0.1, 0.15) is 112 Å². The van der Waals surface area contributed by atoms with Gasteiger partial charge in [-0.05, 0) is 80.1 Å². The maximum atomic E-state index is 14.6. The van der Waals surface area contributed by atoms with Crippen molar-refractivity contribution < 1.29 is 43.0 Å². The Balaban J connectivity index is 1.27. The van der Waals surface area contributed by atoms with Crippen molar-refractivity contribution in [3.05, 3.63) is 35.9 Å². The summed E-state index contributed by atoms with van der Waals surface area (Å²) in [5, 5.41) is 11.0. The van der Waals surface area contributed by atoms with Gasteiger partial charge in [0.1, 0.15) is 30.3 Å². The standard InChI is InChI=1S/C43H63N5O9/c1-41(2,3)35(47-40(55)46-32(27-16-12-13-17-27)39(54)56-24-26-14-10-9-11-15-26)38(53)48-23-28-31(43(28,7)8)33(48)36(51)45-29(22-25-18-19-25)34(50)37(52)44-21-20-30(49)57-42(4,5)6/h9-11,14-15,25,27-29,31-33,35H,12-13,16-24H2,1-8H3,(H,44,52)(H,45,51)(H2,46,47,55)/t28-,29-,31-,32-,33-,35+/m0/s1. The molecule has 1 aliphatic heterocycles. The van der Waals surface area contributed by atoms with Crippen LogP contribution in [0.5, 0.6) is 0 Å². The van der Waals surface area contributed by atoms with Crippen LogP contribution in [0, 0.1) is 34.5 Å². The molecule has 5 rings (SSSR count). The van der Waals surface area contributed by atoms with Crippen LogP contribution in [0.15, 0.2) is 30.3 Å². The van der Waals surface area contributed by atoms with Gasteiger partial charge >= 0.3 is 18.0 Å². The Morgan fingerprint density at radius 1 is 0.877 bits per heavy atom. The molecule has 3 aliphatic carbocycles. The predicted octanol–water partition coefficient (Wildman–Crippen LogP) is 4.19. The van der Waals surface area contributed by atoms with E-state index >= 15 is 0 Å². The third-order valence-corrected chi connectivity index (χ3v) is 11.9. The topological polar surface area (TPSA) is 189 Å². The highest BCUT2D eigenvalue weighted by atomic mass is 16.6. The highest BCUT2D eigenvalue weighted by Crippen LogP contribution is 2.65. The zero-order valence-electron chi connectivity index (χ0n) is 34.9. The number of nitrogens with zero attached hydrogens (tertiary/aromatic N) is 1. The van der Waals surface area contributed by atoms with Crippen LogP contribution in [-0.4, -0.2) is 89.2 Å². The van der Waals surface area contributed by atoms with E-state index in [1.54, 1.807) is 20.8 Å². The molecule has 0 spiro atoms. The van der Waals surface area contributed by atoms with Gasteiger partial charge in [0.25, 0.3) is 5.91 Å². The van der Waals surface area contributed by atoms with Gasteiger partial charge in [0.05, 0.1) is 12.5 Å². The van der Waals surface area contributed by atoms with Gasteiger partial charge in [-0.25, -0.2) is 9.59 Å². The van der Waals surface area contributed by atoms with E-state index in [0.29, 0.717) is 0 Å². The van der Waals surface area contributed by atoms with Gasteiger partial charge < -0.3 is 35.6 Å². The summed E-state index contributed by atoms with van der Waals surface area (Å²) in [5.41, 5.74) is -0.903. The molecular formula is C43H63N5O9. The minimum absolute atomic E-state index is 0.0199. The van der Waals surface area contributed by atoms with Crippen molar-refractivity contribution in [1.82, 2.24) is 26.2 Å². The number of fused-ring (bicyclic) bond motifs is 1. The normalized spacial score (nSPS) is 22.9. The molecule has 4 fully saturated rings. The lowest BCUT2D eigenvalue weighted by molar-refractivity contribution is -0.155. The van der Waals surface area contributed by atoms with Gasteiger partial charge in [-0.3, -0.25) is 24.0 Å². The lowest BCUT2D eigenvalue weighted by atomic mass is 9.85. The number of nitrogens with one attached hydrogen (secondary N) is 4. The fourth-order valence-electron chi connectivity index (χ4n) is 8.51. The summed E-state index contributed by atoms with van der Waals surface area (Å²) < 4.78 is 10.9. The third-order valence-electron chi connectivity index (χ3n) is 11.9. The lowest BCUT2D eigenvalue weighted by Gasteiger charge is -2.38. The van der Waals surface area contributed by atoms with Crippen molar-refractivity contribution in [2.24, 2.45) is 34.5 Å². The van der Waals surface area contributed by atoms with Crippen LogP contribution in [0.4, 0.5) is 4.79 Å². The minimum atomic E-state index is -1.11. The van der Waals surface area contributed by atoms with Gasteiger partial charge in [0, 0.05) is 13.1 Å². The zero-order valence-corrected chi connectivity index (χ0v) is 34.9. The van der Waals surface area contributed by atoms with Crippen LogP contribution >= 0.6 is 0 Å². The molecule has 314 valence electrons. The number of piperidine rings is 1. The zero-order chi connectivity index (χ0) is 41.9. The third kappa shape index (κ3) is 11.3. The predicted molar refractivity (Wildman–Crippen MR) is 211 cm³/mol. The smallest absolute Gasteiger partial charge is 0.329 e. The van der Waals surface area contributed by atoms with Gasteiger partial charge in [-0.1, -0.05) is 90.6 Å². The lowest BCUT2D eigenvalue weighted by Crippen LogP contribution is -2.62. The maximum absolute atomic E-state index is 14.6. The monoisotopic (exact) mass is 793 g/mol. The number of amides is 5. The van der Waals surface area contributed by atoms with Gasteiger partial charge in [-0.2, -0.15) is 0 Å². The van der Waals surface area contributed by atoms with Crippen molar-refractivity contribution in [2.75, 3.05) is 13.1 Å². The number of likely N-dealkylation sites (tertiary alicyclic amines) is 1. The molecule has 1 aromatic carbocycles. The molecule has 4 N–H and O–H groups in total. The number of urea groups is 1. The number of carbonyl (C=O) groups excluding carboxylic acids is 7. The first-order valence-electron chi connectivity index (χ1n) is 20.6. The van der Waals surface area contributed by atoms with E-state index < -0.39 is 76.7 Å². The SMILES string of the molecule is CC(C)(C)OC(=O)CCNC(=O)C(=O)[C@H](CC1CC1)NC(=O)[C@@H]1[C@@H]2[C@H](CN1C(=O)[C@@H](NC(=O)N[C@H](C(=O)OCc1ccccc1)C1CCCC1)C(C)(C)C)C2(C)C. The summed E-state index contributed by atoms with van der Waals surface area (Å²) in [6, 6.07) is 4.59. The van der Waals surface area contributed by atoms with Crippen molar-refractivity contribution in [3.63, 3.8) is 0 Å². The van der Waals surface area contributed by atoms with Crippen molar-refractivity contribution in [3.8, 4) is 0 Å². The first-order valence-corrected chi connectivity index (χ1v) is 20.6. The van der Waals surface area contributed by atoms with Crippen LogP contribution in [-0.2, 0) is 44.8 Å². The molecule has 0 radical (unpaired) electrons. The molecule has 14 heteroatoms. The average Bonchev–Trinajstić information content (AvgIpc) is 3.83. The number of ether oxygens (including phenoxy) is 2. The molecule has 0 unspecified atom stereocenters. The Hall–Kier alpha value is -4.49. The summed E-state index contributed by atoms with van der Waals surface area (Å²) in [5.74, 6) is -3.85. The largest absolute Gasteiger partial charge is 0.460 e. The molecule has 1 aromatic rings. The molecule has 5 amide bonds. The molecule has 1 heterocycles. The first-order chi connectivity index (χ1) is 26.7. The first kappa shape index (κ1) is 43.6. The van der Waals surface area contributed by atoms with Crippen LogP contribution in [0.3, 0.4) is 0 Å². The van der Waals surface area contributed by atoms with Crippen LogP contribution in [0.25, 0.3) is 0 Å². The van der Waals surface area contributed by atoms with E-state index in [1.165, 1.54) is 4.90 Å². The number of Topliss-reactive ketones (excluding diaryl/α,β-unsaturated/α-hetero) is 1. The Labute approximate surface area is 336 Å². The van der Waals surface area contributed by atoms with Gasteiger partial charge in [-0.15, -0.1) is 0 Å². The maximum Gasteiger partial charge on any atom is 0.329 e. The quantitative estimate of drug-likeness (QED) is 0.141. The molecule has 6 atom stereocenters. The van der Waals surface area contributed by atoms with E-state index in [0.717, 1.165) is 44.1 Å². The Kier molecular flexibility index (Phi) is 13.4. The molecule has 0 aromatic heterocycles. The molecule has 57 heavy (non-hydrogen) atoms. The van der Waals surface area contributed by atoms with E-state index in [2.05, 4.69) is 21.3 Å². The summed E-state index contributed by atoms with van der Waals surface area (Å²) in [4.78, 5) is 96.1. The number of carbonyl (C=O) groups is 7. The van der Waals surface area contributed by atoms with Crippen molar-refractivity contribution in [2.45, 2.75) is 143 Å². The van der Waals surface area contributed by atoms with E-state index in [9.17, 15) is 33.6 Å². The second-order valence-corrected chi connectivity index (χ2v) is 19.1. The number of rotatable bonds is 16. The van der Waals surface area contributed by atoms with Gasteiger partial charge in [0.2, 0.25) is 17.6 Å². The average molecular weight is 794 g/mol. The van der Waals surface area contributed by atoms with Gasteiger partial charge in [0.15, 0.2) is 0 Å². The van der Waals surface area contributed by atoms with E-state index in [-0.39, 0.29) is 61.6 Å². The fourth-order valence-corrected chi connectivity index (χ4v) is 8.51. The second kappa shape index (κ2) is 17.6. The van der Waals surface area contributed by atoms with Crippen molar-refractivity contribution in [1.29, 1.82) is 0 Å².